The Hall–Kier alpha value is -4.31. The number of carbonyl (C=O) groups excluding carboxylic acids is 1. The maximum absolute atomic E-state index is 13.9. The molecular weight excluding hydrogens is 532 g/mol. The number of rotatable bonds is 11. The third-order valence-corrected chi connectivity index (χ3v) is 7.15. The quantitative estimate of drug-likeness (QED) is 0.258. The second kappa shape index (κ2) is 12.7. The average molecular weight is 565 g/mol. The highest BCUT2D eigenvalue weighted by molar-refractivity contribution is 7.07. The van der Waals surface area contributed by atoms with Gasteiger partial charge < -0.3 is 23.7 Å². The van der Waals surface area contributed by atoms with Gasteiger partial charge in [0.1, 0.15) is 6.61 Å². The van der Waals surface area contributed by atoms with E-state index in [2.05, 4.69) is 11.6 Å². The number of hydrogen-bond donors (Lipinski definition) is 0. The summed E-state index contributed by atoms with van der Waals surface area (Å²) in [6, 6.07) is 10.0. The molecule has 1 aliphatic rings. The summed E-state index contributed by atoms with van der Waals surface area (Å²) in [6.07, 6.45) is 3.42. The van der Waals surface area contributed by atoms with Gasteiger partial charge in [0, 0.05) is 0 Å². The predicted molar refractivity (Wildman–Crippen MR) is 153 cm³/mol. The Morgan fingerprint density at radius 1 is 1.02 bits per heavy atom. The first-order chi connectivity index (χ1) is 19.4. The van der Waals surface area contributed by atoms with E-state index in [1.165, 1.54) is 15.9 Å². The van der Waals surface area contributed by atoms with Gasteiger partial charge in [-0.3, -0.25) is 9.36 Å². The van der Waals surface area contributed by atoms with Gasteiger partial charge in [0.15, 0.2) is 27.8 Å². The molecule has 9 nitrogen and oxygen atoms in total. The van der Waals surface area contributed by atoms with Crippen LogP contribution >= 0.6 is 11.3 Å². The van der Waals surface area contributed by atoms with Gasteiger partial charge in [0.2, 0.25) is 0 Å². The SMILES string of the molecule is C=CCOc1ccc(C=c2sc3n(c2=O)C(c2ccc(OC)c(OCC)c2)C(C(=O)OCC)=C(C)N=3)cc1OC. The van der Waals surface area contributed by atoms with Crippen LogP contribution in [0.3, 0.4) is 0 Å². The monoisotopic (exact) mass is 564 g/mol. The predicted octanol–water partition coefficient (Wildman–Crippen LogP) is 3.78. The van der Waals surface area contributed by atoms with Crippen LogP contribution in [0.5, 0.6) is 23.0 Å². The summed E-state index contributed by atoms with van der Waals surface area (Å²) in [7, 11) is 3.11. The molecule has 0 saturated heterocycles. The van der Waals surface area contributed by atoms with Crippen LogP contribution in [-0.2, 0) is 9.53 Å². The van der Waals surface area contributed by atoms with Gasteiger partial charge in [-0.05, 0) is 62.2 Å². The number of nitrogens with zero attached hydrogens (tertiary/aromatic N) is 2. The molecule has 210 valence electrons. The highest BCUT2D eigenvalue weighted by Gasteiger charge is 2.34. The molecule has 0 bridgehead atoms. The number of methoxy groups -OCH3 is 2. The first kappa shape index (κ1) is 28.7. The fraction of sp³-hybridized carbons (Fsp3) is 0.300. The van der Waals surface area contributed by atoms with Crippen molar-refractivity contribution >= 4 is 23.4 Å². The molecule has 2 aromatic carbocycles. The number of hydrogen-bond acceptors (Lipinski definition) is 9. The zero-order valence-electron chi connectivity index (χ0n) is 23.2. The van der Waals surface area contributed by atoms with E-state index in [-0.39, 0.29) is 12.2 Å². The number of aromatic nitrogens is 1. The van der Waals surface area contributed by atoms with Gasteiger partial charge in [0.25, 0.3) is 5.56 Å². The molecule has 0 aliphatic carbocycles. The van der Waals surface area contributed by atoms with E-state index in [4.69, 9.17) is 23.7 Å². The van der Waals surface area contributed by atoms with Gasteiger partial charge in [-0.25, -0.2) is 9.79 Å². The molecule has 1 atom stereocenters. The third kappa shape index (κ3) is 5.67. The van der Waals surface area contributed by atoms with Crippen LogP contribution in [0, 0.1) is 0 Å². The fourth-order valence-electron chi connectivity index (χ4n) is 4.43. The van der Waals surface area contributed by atoms with Crippen molar-refractivity contribution in [3.05, 3.63) is 91.1 Å². The van der Waals surface area contributed by atoms with E-state index in [0.717, 1.165) is 5.56 Å². The Morgan fingerprint density at radius 3 is 2.45 bits per heavy atom. The van der Waals surface area contributed by atoms with E-state index in [9.17, 15) is 9.59 Å². The number of esters is 1. The Bertz CT molecular complexity index is 1630. The largest absolute Gasteiger partial charge is 0.493 e. The summed E-state index contributed by atoms with van der Waals surface area (Å²) in [5.41, 5.74) is 1.89. The highest BCUT2D eigenvalue weighted by atomic mass is 32.1. The molecule has 0 amide bonds. The minimum absolute atomic E-state index is 0.188. The first-order valence-corrected chi connectivity index (χ1v) is 13.6. The molecule has 3 aromatic rings. The molecule has 4 rings (SSSR count). The van der Waals surface area contributed by atoms with Crippen molar-refractivity contribution in [2.24, 2.45) is 4.99 Å². The Labute approximate surface area is 236 Å². The number of thiazole rings is 1. The summed E-state index contributed by atoms with van der Waals surface area (Å²) < 4.78 is 29.7. The molecule has 0 fully saturated rings. The average Bonchev–Trinajstić information content (AvgIpc) is 3.25. The van der Waals surface area contributed by atoms with E-state index in [1.807, 2.05) is 19.1 Å². The van der Waals surface area contributed by atoms with Gasteiger partial charge in [-0.15, -0.1) is 0 Å². The van der Waals surface area contributed by atoms with Crippen molar-refractivity contribution in [1.29, 1.82) is 0 Å². The second-order valence-corrected chi connectivity index (χ2v) is 9.66. The fourth-order valence-corrected chi connectivity index (χ4v) is 5.48. The van der Waals surface area contributed by atoms with Crippen molar-refractivity contribution in [2.75, 3.05) is 34.0 Å². The molecule has 1 unspecified atom stereocenters. The van der Waals surface area contributed by atoms with Gasteiger partial charge in [-0.2, -0.15) is 0 Å². The lowest BCUT2D eigenvalue weighted by Crippen LogP contribution is -2.40. The molecule has 2 heterocycles. The van der Waals surface area contributed by atoms with Crippen molar-refractivity contribution in [3.63, 3.8) is 0 Å². The smallest absolute Gasteiger partial charge is 0.338 e. The van der Waals surface area contributed by atoms with Crippen molar-refractivity contribution in [2.45, 2.75) is 26.8 Å². The van der Waals surface area contributed by atoms with E-state index in [1.54, 1.807) is 64.5 Å². The van der Waals surface area contributed by atoms with Crippen LogP contribution in [0.2, 0.25) is 0 Å². The lowest BCUT2D eigenvalue weighted by atomic mass is 9.95. The van der Waals surface area contributed by atoms with Gasteiger partial charge in [0.05, 0.1) is 49.3 Å². The molecule has 0 spiro atoms. The molecule has 10 heteroatoms. The maximum Gasteiger partial charge on any atom is 0.338 e. The molecule has 1 aliphatic heterocycles. The third-order valence-electron chi connectivity index (χ3n) is 6.16. The van der Waals surface area contributed by atoms with Crippen molar-refractivity contribution in [1.82, 2.24) is 4.57 Å². The Kier molecular flexibility index (Phi) is 9.11. The highest BCUT2D eigenvalue weighted by Crippen LogP contribution is 2.36. The normalized spacial score (nSPS) is 14.7. The van der Waals surface area contributed by atoms with Crippen LogP contribution in [0.1, 0.15) is 37.9 Å². The molecule has 0 N–H and O–H groups in total. The number of benzene rings is 2. The zero-order chi connectivity index (χ0) is 28.8. The lowest BCUT2D eigenvalue weighted by molar-refractivity contribution is -0.139. The minimum Gasteiger partial charge on any atom is -0.493 e. The first-order valence-electron chi connectivity index (χ1n) is 12.8. The van der Waals surface area contributed by atoms with E-state index in [0.29, 0.717) is 62.4 Å². The molecule has 40 heavy (non-hydrogen) atoms. The van der Waals surface area contributed by atoms with Crippen LogP contribution in [0.4, 0.5) is 0 Å². The molecule has 1 aromatic heterocycles. The number of carbonyl (C=O) groups is 1. The van der Waals surface area contributed by atoms with E-state index >= 15 is 0 Å². The zero-order valence-corrected chi connectivity index (χ0v) is 24.0. The van der Waals surface area contributed by atoms with Crippen molar-refractivity contribution in [3.8, 4) is 23.0 Å². The number of allylic oxidation sites excluding steroid dienone is 1. The van der Waals surface area contributed by atoms with Crippen LogP contribution in [0.15, 0.2) is 70.1 Å². The molecular formula is C30H32N2O7S. The van der Waals surface area contributed by atoms with Crippen LogP contribution in [0.25, 0.3) is 6.08 Å². The number of ether oxygens (including phenoxy) is 5. The van der Waals surface area contributed by atoms with Gasteiger partial charge >= 0.3 is 5.97 Å². The summed E-state index contributed by atoms with van der Waals surface area (Å²) in [5.74, 6) is 1.62. The summed E-state index contributed by atoms with van der Waals surface area (Å²) in [4.78, 5) is 32.2. The Balaban J connectivity index is 1.90. The van der Waals surface area contributed by atoms with Crippen LogP contribution in [-0.4, -0.2) is 44.6 Å². The Morgan fingerprint density at radius 2 is 1.77 bits per heavy atom. The second-order valence-electron chi connectivity index (χ2n) is 8.66. The minimum atomic E-state index is -0.772. The lowest BCUT2D eigenvalue weighted by Gasteiger charge is -2.25. The summed E-state index contributed by atoms with van der Waals surface area (Å²) in [6.45, 7) is 9.97. The standard InChI is InChI=1S/C30H32N2O7S/c1-7-14-39-22-12-10-19(15-23(22)36-6)16-25-28(33)32-27(20-11-13-21(35-5)24(17-20)37-8-2)26(29(34)38-9-3)18(4)31-30(32)40-25/h7,10-13,15-17,27H,1,8-9,14H2,2-6H3. The van der Waals surface area contributed by atoms with Gasteiger partial charge in [-0.1, -0.05) is 36.1 Å². The summed E-state index contributed by atoms with van der Waals surface area (Å²) >= 11 is 1.24. The van der Waals surface area contributed by atoms with Crippen molar-refractivity contribution < 1.29 is 28.5 Å². The number of fused-ring (bicyclic) bond motifs is 1. The molecule has 0 saturated carbocycles. The maximum atomic E-state index is 13.9. The topological polar surface area (TPSA) is 97.6 Å². The molecule has 0 radical (unpaired) electrons. The van der Waals surface area contributed by atoms with Crippen LogP contribution < -0.4 is 33.8 Å². The van der Waals surface area contributed by atoms with E-state index < -0.39 is 12.0 Å². The summed E-state index contributed by atoms with van der Waals surface area (Å²) in [5, 5.41) is 0.